The fraction of sp³-hybridized carbons (Fsp3) is 0.688. The van der Waals surface area contributed by atoms with Gasteiger partial charge in [0.05, 0.1) is 7.11 Å². The molecule has 3 heteroatoms. The number of ether oxygens (including phenoxy) is 1. The molecule has 4 fully saturated rings. The molecule has 19 heavy (non-hydrogen) atoms. The number of rotatable bonds is 3. The van der Waals surface area contributed by atoms with Gasteiger partial charge in [-0.3, -0.25) is 4.79 Å². The second-order valence-electron chi connectivity index (χ2n) is 6.64. The third-order valence-corrected chi connectivity index (χ3v) is 6.51. The van der Waals surface area contributed by atoms with Crippen LogP contribution in [-0.2, 0) is 0 Å². The summed E-state index contributed by atoms with van der Waals surface area (Å²) >= 11 is 1.55. The molecule has 0 spiro atoms. The number of carbonyl (C=O) groups is 1. The summed E-state index contributed by atoms with van der Waals surface area (Å²) in [5.41, 5.74) is 0. The Bertz CT molecular complexity index is 477. The number of Topliss-reactive ketones (excluding diaryl/α,β-unsaturated/α-hetero) is 1. The normalized spacial score (nSPS) is 39.5. The number of carbonyl (C=O) groups excluding carboxylic acids is 1. The highest BCUT2D eigenvalue weighted by atomic mass is 32.1. The molecule has 1 heterocycles. The highest BCUT2D eigenvalue weighted by molar-refractivity contribution is 7.12. The topological polar surface area (TPSA) is 26.3 Å². The van der Waals surface area contributed by atoms with Crippen LogP contribution in [0, 0.1) is 29.6 Å². The zero-order valence-electron chi connectivity index (χ0n) is 11.3. The lowest BCUT2D eigenvalue weighted by Crippen LogP contribution is -2.47. The van der Waals surface area contributed by atoms with Crippen molar-refractivity contribution < 1.29 is 9.53 Å². The first-order valence-corrected chi connectivity index (χ1v) is 8.30. The van der Waals surface area contributed by atoms with E-state index in [9.17, 15) is 4.79 Å². The lowest BCUT2D eigenvalue weighted by Gasteiger charge is -2.53. The number of thiophene rings is 1. The first-order valence-electron chi connectivity index (χ1n) is 7.42. The Labute approximate surface area is 118 Å². The highest BCUT2D eigenvalue weighted by Crippen LogP contribution is 2.57. The van der Waals surface area contributed by atoms with E-state index in [1.165, 1.54) is 32.1 Å². The maximum atomic E-state index is 12.9. The van der Waals surface area contributed by atoms with Crippen LogP contribution in [-0.4, -0.2) is 12.9 Å². The Morgan fingerprint density at radius 1 is 1.16 bits per heavy atom. The fourth-order valence-corrected chi connectivity index (χ4v) is 5.99. The number of hydrogen-bond donors (Lipinski definition) is 0. The Hall–Kier alpha value is -0.830. The summed E-state index contributed by atoms with van der Waals surface area (Å²) in [6.45, 7) is 0. The van der Waals surface area contributed by atoms with Gasteiger partial charge in [0.1, 0.15) is 10.6 Å². The first kappa shape index (κ1) is 12.0. The van der Waals surface area contributed by atoms with Crippen molar-refractivity contribution in [1.29, 1.82) is 0 Å². The molecule has 2 nitrogen and oxygen atoms in total. The van der Waals surface area contributed by atoms with Crippen LogP contribution in [0.1, 0.15) is 41.8 Å². The van der Waals surface area contributed by atoms with Crippen molar-refractivity contribution in [2.24, 2.45) is 29.6 Å². The van der Waals surface area contributed by atoms with Gasteiger partial charge in [0.15, 0.2) is 5.78 Å². The molecule has 102 valence electrons. The molecule has 0 N–H and O–H groups in total. The van der Waals surface area contributed by atoms with E-state index >= 15 is 0 Å². The molecule has 0 radical (unpaired) electrons. The smallest absolute Gasteiger partial charge is 0.180 e. The quantitative estimate of drug-likeness (QED) is 0.780. The van der Waals surface area contributed by atoms with Crippen molar-refractivity contribution >= 4 is 17.1 Å². The molecule has 4 aliphatic rings. The van der Waals surface area contributed by atoms with Crippen molar-refractivity contribution in [3.05, 3.63) is 16.3 Å². The number of hydrogen-bond acceptors (Lipinski definition) is 3. The highest BCUT2D eigenvalue weighted by Gasteiger charge is 2.51. The van der Waals surface area contributed by atoms with Crippen LogP contribution in [0.25, 0.3) is 0 Å². The SMILES string of the molecule is COc1ccsc1C(=O)C1C2CC3CC(C2)CC1C3. The predicted octanol–water partition coefficient (Wildman–Crippen LogP) is 4.01. The molecule has 1 aromatic rings. The third-order valence-electron chi connectivity index (χ3n) is 5.60. The molecule has 0 amide bonds. The van der Waals surface area contributed by atoms with Crippen molar-refractivity contribution in [2.45, 2.75) is 32.1 Å². The largest absolute Gasteiger partial charge is 0.495 e. The molecule has 0 aliphatic heterocycles. The molecule has 5 rings (SSSR count). The second kappa shape index (κ2) is 4.34. The summed E-state index contributed by atoms with van der Waals surface area (Å²) in [6.07, 6.45) is 6.65. The maximum Gasteiger partial charge on any atom is 0.180 e. The van der Waals surface area contributed by atoms with Gasteiger partial charge in [-0.1, -0.05) is 0 Å². The van der Waals surface area contributed by atoms with E-state index in [2.05, 4.69) is 0 Å². The Morgan fingerprint density at radius 2 is 1.79 bits per heavy atom. The van der Waals surface area contributed by atoms with Crippen LogP contribution in [0.5, 0.6) is 5.75 Å². The lowest BCUT2D eigenvalue weighted by atomic mass is 9.51. The van der Waals surface area contributed by atoms with Crippen LogP contribution >= 0.6 is 11.3 Å². The average Bonchev–Trinajstić information content (AvgIpc) is 2.85. The molecule has 4 bridgehead atoms. The zero-order chi connectivity index (χ0) is 13.0. The predicted molar refractivity (Wildman–Crippen MR) is 75.7 cm³/mol. The van der Waals surface area contributed by atoms with E-state index in [1.54, 1.807) is 18.4 Å². The standard InChI is InChI=1S/C16H20O2S/c1-18-13-2-3-19-16(13)15(17)14-11-5-9-4-10(7-11)8-12(14)6-9/h2-3,9-12,14H,4-8H2,1H3. The lowest BCUT2D eigenvalue weighted by molar-refractivity contribution is -0.0250. The van der Waals surface area contributed by atoms with Crippen molar-refractivity contribution in [3.63, 3.8) is 0 Å². The van der Waals surface area contributed by atoms with E-state index in [0.717, 1.165) is 22.5 Å². The Morgan fingerprint density at radius 3 is 2.37 bits per heavy atom. The van der Waals surface area contributed by atoms with E-state index in [1.807, 2.05) is 11.4 Å². The van der Waals surface area contributed by atoms with Crippen molar-refractivity contribution in [2.75, 3.05) is 7.11 Å². The van der Waals surface area contributed by atoms with E-state index in [0.29, 0.717) is 23.5 Å². The Balaban J connectivity index is 1.64. The van der Waals surface area contributed by atoms with Gasteiger partial charge in [-0.25, -0.2) is 0 Å². The minimum absolute atomic E-state index is 0.292. The first-order chi connectivity index (χ1) is 9.26. The van der Waals surface area contributed by atoms with Crippen LogP contribution in [0.4, 0.5) is 0 Å². The number of methoxy groups -OCH3 is 1. The summed E-state index contributed by atoms with van der Waals surface area (Å²) in [4.78, 5) is 13.8. The van der Waals surface area contributed by atoms with Crippen LogP contribution < -0.4 is 4.74 Å². The average molecular weight is 276 g/mol. The molecule has 4 aliphatic carbocycles. The monoisotopic (exact) mass is 276 g/mol. The van der Waals surface area contributed by atoms with Gasteiger partial charge in [0.2, 0.25) is 0 Å². The molecular weight excluding hydrogens is 256 g/mol. The van der Waals surface area contributed by atoms with Gasteiger partial charge in [0.25, 0.3) is 0 Å². The van der Waals surface area contributed by atoms with Crippen molar-refractivity contribution in [1.82, 2.24) is 0 Å². The van der Waals surface area contributed by atoms with Gasteiger partial charge in [0, 0.05) is 5.92 Å². The van der Waals surface area contributed by atoms with Gasteiger partial charge >= 0.3 is 0 Å². The van der Waals surface area contributed by atoms with Gasteiger partial charge < -0.3 is 4.74 Å². The molecule has 0 unspecified atom stereocenters. The Kier molecular flexibility index (Phi) is 2.73. The molecule has 0 atom stereocenters. The number of ketones is 1. The van der Waals surface area contributed by atoms with E-state index in [-0.39, 0.29) is 0 Å². The minimum atomic E-state index is 0.292. The van der Waals surface area contributed by atoms with Crippen LogP contribution in [0.2, 0.25) is 0 Å². The fourth-order valence-electron chi connectivity index (χ4n) is 5.14. The van der Waals surface area contributed by atoms with Crippen molar-refractivity contribution in [3.8, 4) is 5.75 Å². The van der Waals surface area contributed by atoms with E-state index in [4.69, 9.17) is 4.74 Å². The molecule has 1 aromatic heterocycles. The van der Waals surface area contributed by atoms with Gasteiger partial charge in [-0.15, -0.1) is 11.3 Å². The summed E-state index contributed by atoms with van der Waals surface area (Å²) in [6, 6.07) is 1.92. The van der Waals surface area contributed by atoms with E-state index < -0.39 is 0 Å². The third kappa shape index (κ3) is 1.78. The molecule has 0 saturated heterocycles. The van der Waals surface area contributed by atoms with Gasteiger partial charge in [-0.05, 0) is 67.2 Å². The summed E-state index contributed by atoms with van der Waals surface area (Å²) < 4.78 is 5.34. The summed E-state index contributed by atoms with van der Waals surface area (Å²) in [5, 5.41) is 1.97. The molecule has 4 saturated carbocycles. The molecular formula is C16H20O2S. The summed E-state index contributed by atoms with van der Waals surface area (Å²) in [5.74, 6) is 4.63. The van der Waals surface area contributed by atoms with Crippen LogP contribution in [0.3, 0.4) is 0 Å². The second-order valence-corrected chi connectivity index (χ2v) is 7.55. The maximum absolute atomic E-state index is 12.9. The minimum Gasteiger partial charge on any atom is -0.495 e. The molecule has 0 aromatic carbocycles. The summed E-state index contributed by atoms with van der Waals surface area (Å²) in [7, 11) is 1.66. The van der Waals surface area contributed by atoms with Gasteiger partial charge in [-0.2, -0.15) is 0 Å². The zero-order valence-corrected chi connectivity index (χ0v) is 12.1. The van der Waals surface area contributed by atoms with Crippen LogP contribution in [0.15, 0.2) is 11.4 Å².